The first kappa shape index (κ1) is 17.2. The molecule has 0 amide bonds. The van der Waals surface area contributed by atoms with Crippen LogP contribution in [0, 0.1) is 5.82 Å². The van der Waals surface area contributed by atoms with Gasteiger partial charge in [0.15, 0.2) is 17.3 Å². The smallest absolute Gasteiger partial charge is 0.185 e. The number of carbonyl (C=O) groups is 2. The minimum absolute atomic E-state index is 0.195. The van der Waals surface area contributed by atoms with Gasteiger partial charge >= 0.3 is 0 Å². The fourth-order valence-electron chi connectivity index (χ4n) is 1.92. The van der Waals surface area contributed by atoms with Crippen LogP contribution in [0.3, 0.4) is 0 Å². The largest absolute Gasteiger partial charge is 0.546 e. The highest BCUT2D eigenvalue weighted by atomic mass is 19.1. The van der Waals surface area contributed by atoms with Crippen LogP contribution < -0.4 is 14.6 Å². The molecule has 6 heteroatoms. The number of carboxylic acids is 1. The Labute approximate surface area is 137 Å². The summed E-state index contributed by atoms with van der Waals surface area (Å²) >= 11 is 0. The normalized spacial score (nSPS) is 10.6. The first-order valence-corrected chi connectivity index (χ1v) is 6.98. The second-order valence-corrected chi connectivity index (χ2v) is 4.78. The molecule has 0 atom stereocenters. The van der Waals surface area contributed by atoms with Crippen molar-refractivity contribution in [2.75, 3.05) is 13.7 Å². The Morgan fingerprint density at radius 3 is 2.46 bits per heavy atom. The average molecular weight is 329 g/mol. The molecule has 0 N–H and O–H groups in total. The van der Waals surface area contributed by atoms with Crippen molar-refractivity contribution in [3.05, 3.63) is 65.5 Å². The Morgan fingerprint density at radius 2 is 1.83 bits per heavy atom. The molecule has 0 unspecified atom stereocenters. The topological polar surface area (TPSA) is 75.7 Å². The molecule has 0 spiro atoms. The van der Waals surface area contributed by atoms with E-state index in [4.69, 9.17) is 9.47 Å². The van der Waals surface area contributed by atoms with Crippen molar-refractivity contribution in [2.24, 2.45) is 0 Å². The van der Waals surface area contributed by atoms with Gasteiger partial charge in [-0.1, -0.05) is 18.2 Å². The van der Waals surface area contributed by atoms with Crippen molar-refractivity contribution in [1.82, 2.24) is 0 Å². The van der Waals surface area contributed by atoms with Crippen molar-refractivity contribution in [3.63, 3.8) is 0 Å². The first-order valence-electron chi connectivity index (χ1n) is 6.98. The van der Waals surface area contributed by atoms with Crippen LogP contribution in [0.25, 0.3) is 6.08 Å². The van der Waals surface area contributed by atoms with E-state index in [1.165, 1.54) is 43.5 Å². The van der Waals surface area contributed by atoms with Gasteiger partial charge in [0.2, 0.25) is 0 Å². The predicted molar refractivity (Wildman–Crippen MR) is 83.3 cm³/mol. The number of benzene rings is 2. The molecule has 0 saturated heterocycles. The third-order valence-corrected chi connectivity index (χ3v) is 3.09. The number of hydrogen-bond acceptors (Lipinski definition) is 5. The molecule has 2 rings (SSSR count). The van der Waals surface area contributed by atoms with E-state index in [2.05, 4.69) is 0 Å². The SMILES string of the molecule is COc1cc(C(=O)/C=C/c2ccc(F)cc2)ccc1OCC(=O)[O-]. The molecule has 124 valence electrons. The maximum absolute atomic E-state index is 12.8. The summed E-state index contributed by atoms with van der Waals surface area (Å²) in [6.07, 6.45) is 2.92. The lowest BCUT2D eigenvalue weighted by atomic mass is 10.1. The lowest BCUT2D eigenvalue weighted by Crippen LogP contribution is -2.29. The van der Waals surface area contributed by atoms with Gasteiger partial charge in [0.05, 0.1) is 13.1 Å². The third-order valence-electron chi connectivity index (χ3n) is 3.09. The minimum Gasteiger partial charge on any atom is -0.546 e. The summed E-state index contributed by atoms with van der Waals surface area (Å²) in [5.41, 5.74) is 1.02. The zero-order chi connectivity index (χ0) is 17.5. The van der Waals surface area contributed by atoms with Crippen LogP contribution >= 0.6 is 0 Å². The van der Waals surface area contributed by atoms with Crippen molar-refractivity contribution >= 4 is 17.8 Å². The molecule has 0 fully saturated rings. The van der Waals surface area contributed by atoms with E-state index in [0.29, 0.717) is 11.1 Å². The molecule has 24 heavy (non-hydrogen) atoms. The Balaban J connectivity index is 2.14. The molecule has 0 aliphatic carbocycles. The maximum atomic E-state index is 12.8. The lowest BCUT2D eigenvalue weighted by Gasteiger charge is -2.11. The second kappa shape index (κ2) is 7.92. The zero-order valence-corrected chi connectivity index (χ0v) is 12.8. The summed E-state index contributed by atoms with van der Waals surface area (Å²) in [6, 6.07) is 10.1. The first-order chi connectivity index (χ1) is 11.5. The van der Waals surface area contributed by atoms with E-state index in [-0.39, 0.29) is 23.1 Å². The van der Waals surface area contributed by atoms with Crippen molar-refractivity contribution in [1.29, 1.82) is 0 Å². The van der Waals surface area contributed by atoms with Gasteiger partial charge in [0.1, 0.15) is 12.4 Å². The van der Waals surface area contributed by atoms with Crippen molar-refractivity contribution < 1.29 is 28.6 Å². The number of carbonyl (C=O) groups excluding carboxylic acids is 2. The molecular formula is C18H14FO5-. The van der Waals surface area contributed by atoms with Gasteiger partial charge < -0.3 is 19.4 Å². The van der Waals surface area contributed by atoms with Crippen LogP contribution in [0.5, 0.6) is 11.5 Å². The highest BCUT2D eigenvalue weighted by molar-refractivity contribution is 6.07. The summed E-state index contributed by atoms with van der Waals surface area (Å²) in [5.74, 6) is -1.57. The van der Waals surface area contributed by atoms with Crippen LogP contribution in [-0.4, -0.2) is 25.5 Å². The molecular weight excluding hydrogens is 315 g/mol. The molecule has 5 nitrogen and oxygen atoms in total. The molecule has 0 saturated carbocycles. The number of carboxylic acid groups (broad SMARTS) is 1. The van der Waals surface area contributed by atoms with Gasteiger partial charge in [0.25, 0.3) is 0 Å². The van der Waals surface area contributed by atoms with E-state index in [1.54, 1.807) is 18.2 Å². The summed E-state index contributed by atoms with van der Waals surface area (Å²) in [4.78, 5) is 22.6. The van der Waals surface area contributed by atoms with E-state index in [9.17, 15) is 19.1 Å². The van der Waals surface area contributed by atoms with E-state index >= 15 is 0 Å². The van der Waals surface area contributed by atoms with Crippen LogP contribution in [0.1, 0.15) is 15.9 Å². The monoisotopic (exact) mass is 329 g/mol. The summed E-state index contributed by atoms with van der Waals surface area (Å²) in [7, 11) is 1.38. The molecule has 0 aromatic heterocycles. The quantitative estimate of drug-likeness (QED) is 0.572. The molecule has 2 aromatic carbocycles. The summed E-state index contributed by atoms with van der Waals surface area (Å²) in [5, 5.41) is 10.4. The Kier molecular flexibility index (Phi) is 5.68. The second-order valence-electron chi connectivity index (χ2n) is 4.78. The highest BCUT2D eigenvalue weighted by Gasteiger charge is 2.09. The predicted octanol–water partition coefficient (Wildman–Crippen LogP) is 1.86. The molecule has 0 heterocycles. The third kappa shape index (κ3) is 4.67. The van der Waals surface area contributed by atoms with E-state index in [1.807, 2.05) is 0 Å². The van der Waals surface area contributed by atoms with Gasteiger partial charge in [-0.3, -0.25) is 4.79 Å². The van der Waals surface area contributed by atoms with Crippen molar-refractivity contribution in [3.8, 4) is 11.5 Å². The highest BCUT2D eigenvalue weighted by Crippen LogP contribution is 2.28. The Hall–Kier alpha value is -3.15. The number of ether oxygens (including phenoxy) is 2. The number of ketones is 1. The van der Waals surface area contributed by atoms with Gasteiger partial charge in [-0.15, -0.1) is 0 Å². The number of methoxy groups -OCH3 is 1. The van der Waals surface area contributed by atoms with Crippen molar-refractivity contribution in [2.45, 2.75) is 0 Å². The summed E-state index contributed by atoms with van der Waals surface area (Å²) < 4.78 is 22.9. The average Bonchev–Trinajstić information content (AvgIpc) is 2.59. The molecule has 0 radical (unpaired) electrons. The van der Waals surface area contributed by atoms with Gasteiger partial charge in [0, 0.05) is 5.56 Å². The molecule has 0 aliphatic heterocycles. The minimum atomic E-state index is -1.36. The van der Waals surface area contributed by atoms with E-state index in [0.717, 1.165) is 0 Å². The Bertz CT molecular complexity index is 765. The van der Waals surface area contributed by atoms with Crippen LogP contribution in [0.2, 0.25) is 0 Å². The lowest BCUT2D eigenvalue weighted by molar-refractivity contribution is -0.307. The zero-order valence-electron chi connectivity index (χ0n) is 12.8. The van der Waals surface area contributed by atoms with Gasteiger partial charge in [-0.25, -0.2) is 4.39 Å². The number of halogens is 1. The van der Waals surface area contributed by atoms with Crippen LogP contribution in [-0.2, 0) is 4.79 Å². The van der Waals surface area contributed by atoms with Crippen LogP contribution in [0.15, 0.2) is 48.5 Å². The summed E-state index contributed by atoms with van der Waals surface area (Å²) in [6.45, 7) is -0.617. The fraction of sp³-hybridized carbons (Fsp3) is 0.111. The maximum Gasteiger partial charge on any atom is 0.185 e. The number of aliphatic carboxylic acids is 1. The molecule has 2 aromatic rings. The number of rotatable bonds is 7. The standard InChI is InChI=1S/C18H15FO5/c1-23-17-10-13(5-9-16(17)24-11-18(21)22)15(20)8-4-12-2-6-14(19)7-3-12/h2-10H,11H2,1H3,(H,21,22)/p-1/b8-4+. The van der Waals surface area contributed by atoms with E-state index < -0.39 is 12.6 Å². The van der Waals surface area contributed by atoms with Gasteiger partial charge in [-0.05, 0) is 42.0 Å². The molecule has 0 aliphatic rings. The Morgan fingerprint density at radius 1 is 1.12 bits per heavy atom. The fourth-order valence-corrected chi connectivity index (χ4v) is 1.92. The van der Waals surface area contributed by atoms with Gasteiger partial charge in [-0.2, -0.15) is 0 Å². The van der Waals surface area contributed by atoms with Crippen LogP contribution in [0.4, 0.5) is 4.39 Å². The number of allylic oxidation sites excluding steroid dienone is 1. The number of hydrogen-bond donors (Lipinski definition) is 0. The molecule has 0 bridgehead atoms.